The number of carboxylic acid groups (broad SMARTS) is 1. The second-order valence-electron chi connectivity index (χ2n) is 6.26. The molecule has 110 valence electrons. The van der Waals surface area contributed by atoms with Crippen LogP contribution in [0.3, 0.4) is 0 Å². The van der Waals surface area contributed by atoms with Crippen molar-refractivity contribution < 1.29 is 14.7 Å². The summed E-state index contributed by atoms with van der Waals surface area (Å²) in [6.07, 6.45) is 0. The van der Waals surface area contributed by atoms with Crippen LogP contribution in [0.2, 0.25) is 0 Å². The minimum atomic E-state index is -0.878. The molecule has 2 N–H and O–H groups in total. The van der Waals surface area contributed by atoms with Gasteiger partial charge in [0.1, 0.15) is 0 Å². The predicted molar refractivity (Wildman–Crippen MR) is 79.7 cm³/mol. The van der Waals surface area contributed by atoms with E-state index in [-0.39, 0.29) is 17.2 Å². The molecule has 1 rings (SSSR count). The fourth-order valence-corrected chi connectivity index (χ4v) is 1.67. The lowest BCUT2D eigenvalue weighted by molar-refractivity contribution is -0.138. The van der Waals surface area contributed by atoms with Gasteiger partial charge >= 0.3 is 5.97 Å². The van der Waals surface area contributed by atoms with Gasteiger partial charge in [0.2, 0.25) is 5.91 Å². The van der Waals surface area contributed by atoms with Gasteiger partial charge < -0.3 is 10.4 Å². The number of anilines is 1. The van der Waals surface area contributed by atoms with E-state index in [2.05, 4.69) is 5.32 Å². The maximum absolute atomic E-state index is 12.1. The molecule has 1 aromatic rings. The molecule has 0 aliphatic heterocycles. The Morgan fingerprint density at radius 1 is 1.20 bits per heavy atom. The Morgan fingerprint density at radius 2 is 1.80 bits per heavy atom. The highest BCUT2D eigenvalue weighted by Crippen LogP contribution is 2.27. The average molecular weight is 277 g/mol. The molecule has 4 heteroatoms. The minimum Gasteiger partial charge on any atom is -0.481 e. The molecule has 0 spiro atoms. The summed E-state index contributed by atoms with van der Waals surface area (Å²) < 4.78 is 0. The molecule has 1 aromatic carbocycles. The van der Waals surface area contributed by atoms with Gasteiger partial charge in [0.05, 0.1) is 5.92 Å². The van der Waals surface area contributed by atoms with Gasteiger partial charge in [0, 0.05) is 11.6 Å². The van der Waals surface area contributed by atoms with E-state index >= 15 is 0 Å². The number of amides is 1. The molecule has 0 aromatic heterocycles. The first kappa shape index (κ1) is 16.2. The molecule has 2 unspecified atom stereocenters. The molecule has 4 nitrogen and oxygen atoms in total. The standard InChI is InChI=1S/C16H23NO3/c1-10(15(19)20)12-7-6-8-13(9-12)17-14(18)11(2)16(3,4)5/h6-11H,1-5H3,(H,17,18)(H,19,20). The van der Waals surface area contributed by atoms with Crippen molar-refractivity contribution in [2.45, 2.75) is 40.5 Å². The second-order valence-corrected chi connectivity index (χ2v) is 6.26. The zero-order valence-corrected chi connectivity index (χ0v) is 12.7. The number of hydrogen-bond acceptors (Lipinski definition) is 2. The third-order valence-corrected chi connectivity index (χ3v) is 3.72. The van der Waals surface area contributed by atoms with E-state index in [1.165, 1.54) is 0 Å². The lowest BCUT2D eigenvalue weighted by atomic mass is 9.81. The topological polar surface area (TPSA) is 66.4 Å². The number of carbonyl (C=O) groups excluding carboxylic acids is 1. The smallest absolute Gasteiger partial charge is 0.310 e. The van der Waals surface area contributed by atoms with Crippen LogP contribution in [0, 0.1) is 11.3 Å². The van der Waals surface area contributed by atoms with E-state index in [1.54, 1.807) is 31.2 Å². The Morgan fingerprint density at radius 3 is 2.30 bits per heavy atom. The van der Waals surface area contributed by atoms with Gasteiger partial charge in [-0.3, -0.25) is 9.59 Å². The average Bonchev–Trinajstić information content (AvgIpc) is 2.35. The predicted octanol–water partition coefficient (Wildman–Crippen LogP) is 3.50. The SMILES string of the molecule is CC(C(=O)O)c1cccc(NC(=O)C(C)C(C)(C)C)c1. The molecular weight excluding hydrogens is 254 g/mol. The highest BCUT2D eigenvalue weighted by atomic mass is 16.4. The summed E-state index contributed by atoms with van der Waals surface area (Å²) >= 11 is 0. The number of carbonyl (C=O) groups is 2. The second kappa shape index (κ2) is 6.07. The van der Waals surface area contributed by atoms with E-state index in [0.29, 0.717) is 11.3 Å². The van der Waals surface area contributed by atoms with Crippen molar-refractivity contribution in [2.24, 2.45) is 11.3 Å². The van der Waals surface area contributed by atoms with Crippen LogP contribution in [0.25, 0.3) is 0 Å². The first-order valence-corrected chi connectivity index (χ1v) is 6.76. The molecular formula is C16H23NO3. The number of nitrogens with one attached hydrogen (secondary N) is 1. The third kappa shape index (κ3) is 4.08. The molecule has 2 atom stereocenters. The monoisotopic (exact) mass is 277 g/mol. The highest BCUT2D eigenvalue weighted by molar-refractivity contribution is 5.93. The highest BCUT2D eigenvalue weighted by Gasteiger charge is 2.26. The zero-order chi connectivity index (χ0) is 15.5. The molecule has 0 heterocycles. The molecule has 0 fully saturated rings. The van der Waals surface area contributed by atoms with Gasteiger partial charge in [-0.15, -0.1) is 0 Å². The van der Waals surface area contributed by atoms with Crippen molar-refractivity contribution >= 4 is 17.6 Å². The van der Waals surface area contributed by atoms with Gasteiger partial charge in [-0.05, 0) is 30.0 Å². The molecule has 0 aliphatic carbocycles. The van der Waals surface area contributed by atoms with E-state index in [0.717, 1.165) is 0 Å². The van der Waals surface area contributed by atoms with Crippen LogP contribution in [-0.4, -0.2) is 17.0 Å². The van der Waals surface area contributed by atoms with Crippen molar-refractivity contribution in [3.63, 3.8) is 0 Å². The summed E-state index contributed by atoms with van der Waals surface area (Å²) in [5, 5.41) is 11.9. The van der Waals surface area contributed by atoms with Crippen molar-refractivity contribution in [1.82, 2.24) is 0 Å². The van der Waals surface area contributed by atoms with Gasteiger partial charge in [0.25, 0.3) is 0 Å². The van der Waals surface area contributed by atoms with Crippen LogP contribution in [0.15, 0.2) is 24.3 Å². The van der Waals surface area contributed by atoms with E-state index < -0.39 is 11.9 Å². The van der Waals surface area contributed by atoms with Gasteiger partial charge in [-0.2, -0.15) is 0 Å². The molecule has 0 bridgehead atoms. The molecule has 0 radical (unpaired) electrons. The molecule has 1 amide bonds. The van der Waals surface area contributed by atoms with Gasteiger partial charge in [-0.25, -0.2) is 0 Å². The fraction of sp³-hybridized carbons (Fsp3) is 0.500. The normalized spacial score (nSPS) is 14.4. The summed E-state index contributed by atoms with van der Waals surface area (Å²) in [6.45, 7) is 9.56. The van der Waals surface area contributed by atoms with Crippen molar-refractivity contribution in [3.05, 3.63) is 29.8 Å². The minimum absolute atomic E-state index is 0.0578. The van der Waals surface area contributed by atoms with Crippen LogP contribution in [0.1, 0.15) is 46.1 Å². The van der Waals surface area contributed by atoms with Crippen molar-refractivity contribution in [3.8, 4) is 0 Å². The maximum Gasteiger partial charge on any atom is 0.310 e. The van der Waals surface area contributed by atoms with Crippen LogP contribution >= 0.6 is 0 Å². The molecule has 0 saturated heterocycles. The van der Waals surface area contributed by atoms with E-state index in [9.17, 15) is 9.59 Å². The summed E-state index contributed by atoms with van der Waals surface area (Å²) in [6, 6.07) is 6.99. The Kier molecular flexibility index (Phi) is 4.93. The van der Waals surface area contributed by atoms with Crippen LogP contribution in [-0.2, 0) is 9.59 Å². The number of carboxylic acids is 1. The third-order valence-electron chi connectivity index (χ3n) is 3.72. The van der Waals surface area contributed by atoms with Gasteiger partial charge in [-0.1, -0.05) is 39.8 Å². The Balaban J connectivity index is 2.87. The Bertz CT molecular complexity index is 503. The van der Waals surface area contributed by atoms with E-state index in [1.807, 2.05) is 27.7 Å². The quantitative estimate of drug-likeness (QED) is 0.885. The lowest BCUT2D eigenvalue weighted by Gasteiger charge is -2.26. The largest absolute Gasteiger partial charge is 0.481 e. The first-order chi connectivity index (χ1) is 9.12. The lowest BCUT2D eigenvalue weighted by Crippen LogP contribution is -2.30. The number of aliphatic carboxylic acids is 1. The Labute approximate surface area is 120 Å². The first-order valence-electron chi connectivity index (χ1n) is 6.76. The zero-order valence-electron chi connectivity index (χ0n) is 12.7. The number of hydrogen-bond donors (Lipinski definition) is 2. The molecule has 0 saturated carbocycles. The van der Waals surface area contributed by atoms with Crippen molar-refractivity contribution in [2.75, 3.05) is 5.32 Å². The van der Waals surface area contributed by atoms with Crippen LogP contribution in [0.5, 0.6) is 0 Å². The summed E-state index contributed by atoms with van der Waals surface area (Å²) in [5.74, 6) is -1.66. The van der Waals surface area contributed by atoms with Crippen LogP contribution in [0.4, 0.5) is 5.69 Å². The summed E-state index contributed by atoms with van der Waals surface area (Å²) in [7, 11) is 0. The molecule has 0 aliphatic rings. The van der Waals surface area contributed by atoms with Crippen LogP contribution < -0.4 is 5.32 Å². The van der Waals surface area contributed by atoms with Gasteiger partial charge in [0.15, 0.2) is 0 Å². The van der Waals surface area contributed by atoms with Crippen molar-refractivity contribution in [1.29, 1.82) is 0 Å². The summed E-state index contributed by atoms with van der Waals surface area (Å²) in [4.78, 5) is 23.1. The maximum atomic E-state index is 12.1. The molecule has 20 heavy (non-hydrogen) atoms. The number of rotatable bonds is 4. The fourth-order valence-electron chi connectivity index (χ4n) is 1.67. The Hall–Kier alpha value is -1.84. The van der Waals surface area contributed by atoms with E-state index in [4.69, 9.17) is 5.11 Å². The summed E-state index contributed by atoms with van der Waals surface area (Å²) in [5.41, 5.74) is 1.20. The number of benzene rings is 1.